The Morgan fingerprint density at radius 3 is 2.85 bits per heavy atom. The molecule has 0 spiro atoms. The highest BCUT2D eigenvalue weighted by Crippen LogP contribution is 2.14. The van der Waals surface area contributed by atoms with Crippen molar-refractivity contribution in [1.29, 1.82) is 0 Å². The van der Waals surface area contributed by atoms with Crippen LogP contribution in [-0.4, -0.2) is 36.7 Å². The fourth-order valence-electron chi connectivity index (χ4n) is 1.65. The summed E-state index contributed by atoms with van der Waals surface area (Å²) in [6, 6.07) is 7.18. The van der Waals surface area contributed by atoms with Gasteiger partial charge < -0.3 is 9.72 Å². The Bertz CT molecular complexity index is 675. The van der Waals surface area contributed by atoms with E-state index in [9.17, 15) is 13.2 Å². The van der Waals surface area contributed by atoms with E-state index in [0.717, 1.165) is 5.52 Å². The lowest BCUT2D eigenvalue weighted by molar-refractivity contribution is -0.142. The molecule has 108 valence electrons. The van der Waals surface area contributed by atoms with E-state index in [-0.39, 0.29) is 24.7 Å². The summed E-state index contributed by atoms with van der Waals surface area (Å²) >= 11 is 0. The SMILES string of the molecule is CCOC(=O)CCS(=O)(=O)Nc1nc2ccccc2[nH]1. The lowest BCUT2D eigenvalue weighted by atomic mass is 10.3. The highest BCUT2D eigenvalue weighted by molar-refractivity contribution is 7.92. The number of para-hydroxylation sites is 2. The first-order valence-corrected chi connectivity index (χ1v) is 7.76. The van der Waals surface area contributed by atoms with Crippen LogP contribution in [-0.2, 0) is 19.6 Å². The van der Waals surface area contributed by atoms with E-state index in [4.69, 9.17) is 0 Å². The molecule has 1 aromatic heterocycles. The van der Waals surface area contributed by atoms with E-state index in [1.165, 1.54) is 0 Å². The van der Waals surface area contributed by atoms with E-state index < -0.39 is 16.0 Å². The van der Waals surface area contributed by atoms with Crippen molar-refractivity contribution in [2.24, 2.45) is 0 Å². The van der Waals surface area contributed by atoms with Gasteiger partial charge in [-0.1, -0.05) is 12.1 Å². The van der Waals surface area contributed by atoms with Crippen molar-refractivity contribution in [2.45, 2.75) is 13.3 Å². The molecule has 0 amide bonds. The molecule has 20 heavy (non-hydrogen) atoms. The van der Waals surface area contributed by atoms with Crippen molar-refractivity contribution in [3.63, 3.8) is 0 Å². The largest absolute Gasteiger partial charge is 0.466 e. The topological polar surface area (TPSA) is 101 Å². The van der Waals surface area contributed by atoms with E-state index in [2.05, 4.69) is 19.4 Å². The van der Waals surface area contributed by atoms with Crippen molar-refractivity contribution in [1.82, 2.24) is 9.97 Å². The number of benzene rings is 1. The number of fused-ring (bicyclic) bond motifs is 1. The number of H-pyrrole nitrogens is 1. The number of sulfonamides is 1. The van der Waals surface area contributed by atoms with Gasteiger partial charge in [0.2, 0.25) is 16.0 Å². The summed E-state index contributed by atoms with van der Waals surface area (Å²) in [6.45, 7) is 1.90. The number of carbonyl (C=O) groups excluding carboxylic acids is 1. The van der Waals surface area contributed by atoms with Crippen LogP contribution < -0.4 is 4.72 Å². The molecule has 2 aromatic rings. The smallest absolute Gasteiger partial charge is 0.306 e. The molecule has 8 heteroatoms. The van der Waals surface area contributed by atoms with Gasteiger partial charge in [-0.3, -0.25) is 9.52 Å². The maximum absolute atomic E-state index is 11.8. The van der Waals surface area contributed by atoms with Crippen LogP contribution >= 0.6 is 0 Å². The third-order valence-corrected chi connectivity index (χ3v) is 3.77. The number of aromatic nitrogens is 2. The standard InChI is InChI=1S/C12H15N3O4S/c1-2-19-11(16)7-8-20(17,18)15-12-13-9-5-3-4-6-10(9)14-12/h3-6H,2,7-8H2,1H3,(H2,13,14,15). The molecule has 0 saturated carbocycles. The van der Waals surface area contributed by atoms with E-state index in [1.54, 1.807) is 19.1 Å². The average Bonchev–Trinajstić information content (AvgIpc) is 2.78. The molecule has 1 aromatic carbocycles. The van der Waals surface area contributed by atoms with Gasteiger partial charge in [0.15, 0.2) is 0 Å². The normalized spacial score (nSPS) is 11.4. The number of esters is 1. The highest BCUT2D eigenvalue weighted by Gasteiger charge is 2.15. The number of anilines is 1. The number of hydrogen-bond acceptors (Lipinski definition) is 5. The van der Waals surface area contributed by atoms with Crippen molar-refractivity contribution < 1.29 is 17.9 Å². The first-order valence-electron chi connectivity index (χ1n) is 6.11. The van der Waals surface area contributed by atoms with Crippen LogP contribution in [0.15, 0.2) is 24.3 Å². The number of rotatable bonds is 6. The number of aromatic amines is 1. The summed E-state index contributed by atoms with van der Waals surface area (Å²) in [7, 11) is -3.64. The average molecular weight is 297 g/mol. The summed E-state index contributed by atoms with van der Waals surface area (Å²) in [5, 5.41) is 0. The fraction of sp³-hybridized carbons (Fsp3) is 0.333. The van der Waals surface area contributed by atoms with Gasteiger partial charge in [0, 0.05) is 0 Å². The molecule has 0 fully saturated rings. The summed E-state index contributed by atoms with van der Waals surface area (Å²) < 4.78 is 30.6. The second-order valence-corrected chi connectivity index (χ2v) is 5.92. The Balaban J connectivity index is 2.02. The van der Waals surface area contributed by atoms with Crippen LogP contribution in [0.4, 0.5) is 5.95 Å². The fourth-order valence-corrected chi connectivity index (χ4v) is 2.58. The Hall–Kier alpha value is -2.09. The number of hydrogen-bond donors (Lipinski definition) is 2. The third-order valence-electron chi connectivity index (χ3n) is 2.52. The second kappa shape index (κ2) is 5.91. The van der Waals surface area contributed by atoms with Gasteiger partial charge in [0.1, 0.15) is 0 Å². The van der Waals surface area contributed by atoms with Gasteiger partial charge in [-0.05, 0) is 19.1 Å². The van der Waals surface area contributed by atoms with Crippen molar-refractivity contribution in [2.75, 3.05) is 17.1 Å². The Morgan fingerprint density at radius 1 is 1.40 bits per heavy atom. The van der Waals surface area contributed by atoms with E-state index >= 15 is 0 Å². The molecule has 0 bridgehead atoms. The summed E-state index contributed by atoms with van der Waals surface area (Å²) in [5.41, 5.74) is 1.39. The number of ether oxygens (including phenoxy) is 1. The minimum atomic E-state index is -3.64. The molecule has 2 rings (SSSR count). The molecule has 0 saturated heterocycles. The molecule has 0 aliphatic carbocycles. The van der Waals surface area contributed by atoms with Gasteiger partial charge in [-0.2, -0.15) is 0 Å². The van der Waals surface area contributed by atoms with Crippen LogP contribution in [0, 0.1) is 0 Å². The predicted molar refractivity (Wildman–Crippen MR) is 74.8 cm³/mol. The number of carbonyl (C=O) groups is 1. The van der Waals surface area contributed by atoms with Crippen molar-refractivity contribution in [3.05, 3.63) is 24.3 Å². The first-order chi connectivity index (χ1) is 9.50. The molecule has 7 nitrogen and oxygen atoms in total. The van der Waals surface area contributed by atoms with Gasteiger partial charge in [0.25, 0.3) is 0 Å². The van der Waals surface area contributed by atoms with Gasteiger partial charge in [-0.15, -0.1) is 0 Å². The van der Waals surface area contributed by atoms with Gasteiger partial charge in [-0.25, -0.2) is 13.4 Å². The highest BCUT2D eigenvalue weighted by atomic mass is 32.2. The first kappa shape index (κ1) is 14.3. The molecule has 0 aliphatic heterocycles. The van der Waals surface area contributed by atoms with Crippen LogP contribution in [0.25, 0.3) is 11.0 Å². The van der Waals surface area contributed by atoms with Gasteiger partial charge in [0.05, 0.1) is 29.8 Å². The zero-order chi connectivity index (χ0) is 14.6. The van der Waals surface area contributed by atoms with Crippen molar-refractivity contribution in [3.8, 4) is 0 Å². The number of imidazole rings is 1. The molecule has 0 unspecified atom stereocenters. The Labute approximate surface area is 116 Å². The maximum atomic E-state index is 11.8. The molecule has 0 atom stereocenters. The molecular formula is C12H15N3O4S. The maximum Gasteiger partial charge on any atom is 0.306 e. The number of nitrogens with zero attached hydrogens (tertiary/aromatic N) is 1. The van der Waals surface area contributed by atoms with Crippen LogP contribution in [0.5, 0.6) is 0 Å². The molecule has 2 N–H and O–H groups in total. The lowest BCUT2D eigenvalue weighted by Crippen LogP contribution is -2.20. The Morgan fingerprint density at radius 2 is 2.15 bits per heavy atom. The van der Waals surface area contributed by atoms with Gasteiger partial charge >= 0.3 is 5.97 Å². The monoisotopic (exact) mass is 297 g/mol. The van der Waals surface area contributed by atoms with E-state index in [0.29, 0.717) is 5.52 Å². The molecule has 1 heterocycles. The summed E-state index contributed by atoms with van der Waals surface area (Å²) in [6.07, 6.45) is -0.191. The lowest BCUT2D eigenvalue weighted by Gasteiger charge is -2.04. The zero-order valence-electron chi connectivity index (χ0n) is 10.9. The molecular weight excluding hydrogens is 282 g/mol. The number of nitrogens with one attached hydrogen (secondary N) is 2. The Kier molecular flexibility index (Phi) is 4.23. The quantitative estimate of drug-likeness (QED) is 0.782. The van der Waals surface area contributed by atoms with Crippen LogP contribution in [0.1, 0.15) is 13.3 Å². The zero-order valence-corrected chi connectivity index (χ0v) is 11.7. The van der Waals surface area contributed by atoms with Crippen molar-refractivity contribution >= 4 is 33.0 Å². The molecule has 0 aliphatic rings. The van der Waals surface area contributed by atoms with Crippen LogP contribution in [0.3, 0.4) is 0 Å². The minimum Gasteiger partial charge on any atom is -0.466 e. The van der Waals surface area contributed by atoms with Crippen LogP contribution in [0.2, 0.25) is 0 Å². The predicted octanol–water partition coefficient (Wildman–Crippen LogP) is 1.26. The minimum absolute atomic E-state index is 0.134. The summed E-state index contributed by atoms with van der Waals surface area (Å²) in [5.74, 6) is -0.749. The second-order valence-electron chi connectivity index (χ2n) is 4.08. The summed E-state index contributed by atoms with van der Waals surface area (Å²) in [4.78, 5) is 18.1. The van der Waals surface area contributed by atoms with E-state index in [1.807, 2.05) is 12.1 Å². The molecule has 0 radical (unpaired) electrons. The third kappa shape index (κ3) is 3.70.